The number of carbonyl (C=O) groups excluding carboxylic acids is 1. The normalized spacial score (nSPS) is 24.6. The van der Waals surface area contributed by atoms with Gasteiger partial charge in [-0.15, -0.1) is 11.6 Å². The van der Waals surface area contributed by atoms with Gasteiger partial charge in [-0.2, -0.15) is 0 Å². The second-order valence-electron chi connectivity index (χ2n) is 6.17. The number of rotatable bonds is 9. The molecule has 2 unspecified atom stereocenters. The van der Waals surface area contributed by atoms with Gasteiger partial charge in [0.2, 0.25) is 5.91 Å². The fourth-order valence-corrected chi connectivity index (χ4v) is 2.76. The van der Waals surface area contributed by atoms with Gasteiger partial charge in [0.1, 0.15) is 5.38 Å². The maximum atomic E-state index is 12.6. The number of ether oxygens (including phenoxy) is 2. The van der Waals surface area contributed by atoms with Crippen LogP contribution in [0.25, 0.3) is 0 Å². The van der Waals surface area contributed by atoms with Crippen molar-refractivity contribution in [1.29, 1.82) is 0 Å². The van der Waals surface area contributed by atoms with Crippen LogP contribution in [0.1, 0.15) is 53.4 Å². The van der Waals surface area contributed by atoms with E-state index in [2.05, 4.69) is 13.0 Å². The average molecular weight is 346 g/mol. The molecule has 1 rings (SSSR count). The van der Waals surface area contributed by atoms with E-state index in [0.29, 0.717) is 32.1 Å². The van der Waals surface area contributed by atoms with Crippen LogP contribution in [-0.4, -0.2) is 48.3 Å². The van der Waals surface area contributed by atoms with Gasteiger partial charge in [0, 0.05) is 12.5 Å². The van der Waals surface area contributed by atoms with Crippen LogP contribution >= 0.6 is 11.6 Å². The molecule has 1 aliphatic heterocycles. The fraction of sp³-hybridized carbons (Fsp3) is 0.833. The zero-order valence-electron chi connectivity index (χ0n) is 15.0. The van der Waals surface area contributed by atoms with Gasteiger partial charge in [-0.3, -0.25) is 4.79 Å². The molecule has 23 heavy (non-hydrogen) atoms. The number of unbranched alkanes of at least 4 members (excludes halogenated alkanes) is 1. The standard InChI is InChI=1S/C18H32ClNO3/c1-5-8-9-10-11-20(17(21)16(19)7-3)14(4)18-22-12-15(6-2)13-23-18/h5,8,14-16,18H,6-7,9-13H2,1-4H3/b8-5+. The summed E-state index contributed by atoms with van der Waals surface area (Å²) in [6.07, 6.45) is 7.34. The monoisotopic (exact) mass is 345 g/mol. The van der Waals surface area contributed by atoms with E-state index < -0.39 is 5.38 Å². The van der Waals surface area contributed by atoms with Gasteiger partial charge < -0.3 is 14.4 Å². The molecular weight excluding hydrogens is 314 g/mol. The Morgan fingerprint density at radius 3 is 2.52 bits per heavy atom. The summed E-state index contributed by atoms with van der Waals surface area (Å²) in [6, 6.07) is -0.126. The largest absolute Gasteiger partial charge is 0.350 e. The number of allylic oxidation sites excluding steroid dienone is 2. The predicted octanol–water partition coefficient (Wildman–Crippen LogP) is 3.98. The minimum absolute atomic E-state index is 0.0213. The summed E-state index contributed by atoms with van der Waals surface area (Å²) in [7, 11) is 0. The summed E-state index contributed by atoms with van der Waals surface area (Å²) < 4.78 is 11.7. The lowest BCUT2D eigenvalue weighted by Gasteiger charge is -2.38. The van der Waals surface area contributed by atoms with Crippen LogP contribution in [0.4, 0.5) is 0 Å². The Kier molecular flexibility index (Phi) is 9.84. The third-order valence-electron chi connectivity index (χ3n) is 4.37. The molecule has 0 aromatic heterocycles. The Morgan fingerprint density at radius 2 is 2.00 bits per heavy atom. The molecule has 4 nitrogen and oxygen atoms in total. The molecule has 0 bridgehead atoms. The van der Waals surface area contributed by atoms with Gasteiger partial charge in [-0.1, -0.05) is 26.0 Å². The van der Waals surface area contributed by atoms with Crippen molar-refractivity contribution in [2.45, 2.75) is 71.1 Å². The lowest BCUT2D eigenvalue weighted by atomic mass is 10.1. The first-order valence-corrected chi connectivity index (χ1v) is 9.27. The number of halogens is 1. The fourth-order valence-electron chi connectivity index (χ4n) is 2.63. The molecule has 5 heteroatoms. The van der Waals surface area contributed by atoms with E-state index in [0.717, 1.165) is 19.3 Å². The SMILES string of the molecule is C/C=C/CCCN(C(=O)C(Cl)CC)C(C)C1OCC(CC)CO1. The van der Waals surface area contributed by atoms with Gasteiger partial charge in [0.15, 0.2) is 6.29 Å². The summed E-state index contributed by atoms with van der Waals surface area (Å²) in [5, 5.41) is -0.480. The molecule has 1 fully saturated rings. The molecule has 2 atom stereocenters. The average Bonchev–Trinajstić information content (AvgIpc) is 2.60. The number of amides is 1. The number of nitrogens with zero attached hydrogens (tertiary/aromatic N) is 1. The van der Waals surface area contributed by atoms with Crippen LogP contribution in [-0.2, 0) is 14.3 Å². The quantitative estimate of drug-likeness (QED) is 0.360. The first-order chi connectivity index (χ1) is 11.0. The van der Waals surface area contributed by atoms with Crippen LogP contribution in [0.2, 0.25) is 0 Å². The van der Waals surface area contributed by atoms with Crippen LogP contribution in [0, 0.1) is 5.92 Å². The third kappa shape index (κ3) is 6.44. The van der Waals surface area contributed by atoms with Crippen LogP contribution in [0.15, 0.2) is 12.2 Å². The van der Waals surface area contributed by atoms with Crippen molar-refractivity contribution in [1.82, 2.24) is 4.90 Å². The Morgan fingerprint density at radius 1 is 1.35 bits per heavy atom. The molecule has 1 aliphatic rings. The van der Waals surface area contributed by atoms with E-state index in [9.17, 15) is 4.79 Å². The van der Waals surface area contributed by atoms with Gasteiger partial charge in [0.05, 0.1) is 19.3 Å². The topological polar surface area (TPSA) is 38.8 Å². The first-order valence-electron chi connectivity index (χ1n) is 8.83. The highest BCUT2D eigenvalue weighted by Gasteiger charge is 2.33. The van der Waals surface area contributed by atoms with Crippen LogP contribution in [0.5, 0.6) is 0 Å². The Hall–Kier alpha value is -0.580. The van der Waals surface area contributed by atoms with Gasteiger partial charge in [0.25, 0.3) is 0 Å². The Labute approximate surface area is 146 Å². The maximum Gasteiger partial charge on any atom is 0.241 e. The number of hydrogen-bond acceptors (Lipinski definition) is 3. The minimum Gasteiger partial charge on any atom is -0.350 e. The predicted molar refractivity (Wildman–Crippen MR) is 94.6 cm³/mol. The summed E-state index contributed by atoms with van der Waals surface area (Å²) in [6.45, 7) is 10.1. The highest BCUT2D eigenvalue weighted by Crippen LogP contribution is 2.21. The van der Waals surface area contributed by atoms with Crippen molar-refractivity contribution in [3.8, 4) is 0 Å². The van der Waals surface area contributed by atoms with Crippen LogP contribution in [0.3, 0.4) is 0 Å². The molecule has 134 valence electrons. The number of alkyl halides is 1. The van der Waals surface area contributed by atoms with E-state index in [-0.39, 0.29) is 18.2 Å². The molecule has 0 spiro atoms. The zero-order valence-corrected chi connectivity index (χ0v) is 15.7. The van der Waals surface area contributed by atoms with Gasteiger partial charge in [-0.05, 0) is 39.5 Å². The van der Waals surface area contributed by atoms with Crippen molar-refractivity contribution in [2.75, 3.05) is 19.8 Å². The molecule has 0 aromatic carbocycles. The lowest BCUT2D eigenvalue weighted by molar-refractivity contribution is -0.225. The second-order valence-corrected chi connectivity index (χ2v) is 6.70. The van der Waals surface area contributed by atoms with Crippen LogP contribution < -0.4 is 0 Å². The maximum absolute atomic E-state index is 12.6. The number of carbonyl (C=O) groups is 1. The number of hydrogen-bond donors (Lipinski definition) is 0. The highest BCUT2D eigenvalue weighted by molar-refractivity contribution is 6.30. The zero-order chi connectivity index (χ0) is 17.2. The Bertz CT molecular complexity index is 367. The Balaban J connectivity index is 2.67. The highest BCUT2D eigenvalue weighted by atomic mass is 35.5. The molecule has 0 radical (unpaired) electrons. The molecule has 1 heterocycles. The van der Waals surface area contributed by atoms with E-state index in [4.69, 9.17) is 21.1 Å². The van der Waals surface area contributed by atoms with E-state index in [1.165, 1.54) is 0 Å². The summed E-state index contributed by atoms with van der Waals surface area (Å²) >= 11 is 6.19. The van der Waals surface area contributed by atoms with Gasteiger partial charge in [-0.25, -0.2) is 0 Å². The van der Waals surface area contributed by atoms with Gasteiger partial charge >= 0.3 is 0 Å². The molecule has 0 aliphatic carbocycles. The van der Waals surface area contributed by atoms with Crippen molar-refractivity contribution in [2.24, 2.45) is 5.92 Å². The lowest BCUT2D eigenvalue weighted by Crippen LogP contribution is -2.52. The minimum atomic E-state index is -0.480. The van der Waals surface area contributed by atoms with Crippen molar-refractivity contribution < 1.29 is 14.3 Å². The van der Waals surface area contributed by atoms with E-state index in [1.54, 1.807) is 0 Å². The van der Waals surface area contributed by atoms with Crippen molar-refractivity contribution >= 4 is 17.5 Å². The summed E-state index contributed by atoms with van der Waals surface area (Å²) in [5.74, 6) is 0.431. The van der Waals surface area contributed by atoms with Crippen molar-refractivity contribution in [3.05, 3.63) is 12.2 Å². The molecule has 1 amide bonds. The molecular formula is C18H32ClNO3. The van der Waals surface area contributed by atoms with E-state index in [1.807, 2.05) is 31.7 Å². The molecule has 0 N–H and O–H groups in total. The summed E-state index contributed by atoms with van der Waals surface area (Å²) in [5.41, 5.74) is 0. The smallest absolute Gasteiger partial charge is 0.241 e. The van der Waals surface area contributed by atoms with Crippen molar-refractivity contribution in [3.63, 3.8) is 0 Å². The van der Waals surface area contributed by atoms with E-state index >= 15 is 0 Å². The third-order valence-corrected chi connectivity index (χ3v) is 4.87. The second kappa shape index (κ2) is 11.1. The molecule has 0 aromatic rings. The first kappa shape index (κ1) is 20.5. The molecule has 1 saturated heterocycles. The molecule has 0 saturated carbocycles. The summed E-state index contributed by atoms with van der Waals surface area (Å²) in [4.78, 5) is 14.4.